The second-order valence-electron chi connectivity index (χ2n) is 7.35. The van der Waals surface area contributed by atoms with E-state index in [-0.39, 0.29) is 6.04 Å². The molecule has 5 nitrogen and oxygen atoms in total. The molecular weight excluding hydrogens is 304 g/mol. The van der Waals surface area contributed by atoms with Gasteiger partial charge >= 0.3 is 0 Å². The number of carbonyl (C=O) groups excluding carboxylic acids is 3. The fourth-order valence-corrected chi connectivity index (χ4v) is 4.19. The smallest absolute Gasteiger partial charge is 0.289 e. The molecule has 2 aliphatic rings. The summed E-state index contributed by atoms with van der Waals surface area (Å²) in [6, 6.07) is -0.506. The van der Waals surface area contributed by atoms with Crippen LogP contribution in [-0.2, 0) is 14.4 Å². The lowest BCUT2D eigenvalue weighted by Gasteiger charge is -2.36. The van der Waals surface area contributed by atoms with Crippen molar-refractivity contribution in [1.82, 2.24) is 10.2 Å². The number of nitrogens with zero attached hydrogens (tertiary/aromatic N) is 1. The minimum absolute atomic E-state index is 0.108. The third-order valence-electron chi connectivity index (χ3n) is 5.67. The summed E-state index contributed by atoms with van der Waals surface area (Å²) in [6.45, 7) is 2.46. The lowest BCUT2D eigenvalue weighted by Crippen LogP contribution is -2.51. The number of Topliss-reactive ketones (excluding diaryl/α,β-unsaturated/α-hetero) is 1. The summed E-state index contributed by atoms with van der Waals surface area (Å²) in [5.74, 6) is -0.475. The normalized spacial score (nSPS) is 21.0. The first-order valence-corrected chi connectivity index (χ1v) is 9.72. The van der Waals surface area contributed by atoms with Crippen LogP contribution in [0.1, 0.15) is 77.6 Å². The molecule has 0 bridgehead atoms. The molecule has 2 amide bonds. The molecule has 0 saturated heterocycles. The highest BCUT2D eigenvalue weighted by Crippen LogP contribution is 2.25. The second-order valence-corrected chi connectivity index (χ2v) is 7.35. The topological polar surface area (TPSA) is 66.5 Å². The molecular formula is C19H32N2O3. The van der Waals surface area contributed by atoms with E-state index >= 15 is 0 Å². The maximum Gasteiger partial charge on any atom is 0.289 e. The molecule has 2 aliphatic carbocycles. The lowest BCUT2D eigenvalue weighted by molar-refractivity contribution is -0.144. The van der Waals surface area contributed by atoms with Crippen molar-refractivity contribution in [3.63, 3.8) is 0 Å². The van der Waals surface area contributed by atoms with Crippen LogP contribution in [0.4, 0.5) is 0 Å². The van der Waals surface area contributed by atoms with Crippen LogP contribution < -0.4 is 5.32 Å². The molecule has 2 fully saturated rings. The van der Waals surface area contributed by atoms with E-state index in [2.05, 4.69) is 5.32 Å². The van der Waals surface area contributed by atoms with Gasteiger partial charge in [0.1, 0.15) is 0 Å². The monoisotopic (exact) mass is 336 g/mol. The third-order valence-corrected chi connectivity index (χ3v) is 5.67. The van der Waals surface area contributed by atoms with Gasteiger partial charge in [0.15, 0.2) is 0 Å². The molecule has 5 heteroatoms. The van der Waals surface area contributed by atoms with Gasteiger partial charge in [0.25, 0.3) is 5.91 Å². The van der Waals surface area contributed by atoms with Gasteiger partial charge in [0.2, 0.25) is 12.2 Å². The summed E-state index contributed by atoms with van der Waals surface area (Å²) in [5, 5.41) is 2.82. The molecule has 0 radical (unpaired) electrons. The number of carbonyl (C=O) groups is 3. The van der Waals surface area contributed by atoms with Crippen LogP contribution in [0.15, 0.2) is 0 Å². The van der Waals surface area contributed by atoms with Crippen molar-refractivity contribution in [2.45, 2.75) is 89.6 Å². The summed E-state index contributed by atoms with van der Waals surface area (Å²) in [7, 11) is 0. The summed E-state index contributed by atoms with van der Waals surface area (Å²) in [6.07, 6.45) is 12.5. The molecule has 136 valence electrons. The van der Waals surface area contributed by atoms with E-state index in [0.717, 1.165) is 44.9 Å². The van der Waals surface area contributed by atoms with Gasteiger partial charge in [-0.15, -0.1) is 0 Å². The Hall–Kier alpha value is -1.39. The zero-order valence-electron chi connectivity index (χ0n) is 15.0. The third kappa shape index (κ3) is 5.05. The second kappa shape index (κ2) is 9.80. The van der Waals surface area contributed by atoms with Crippen molar-refractivity contribution in [2.75, 3.05) is 6.54 Å². The molecule has 1 unspecified atom stereocenters. The SMILES string of the molecule is CCC(C(=O)C(=O)NCC1CCCCC1)N(C=O)C1CCCCC1. The van der Waals surface area contributed by atoms with Crippen molar-refractivity contribution in [3.8, 4) is 0 Å². The van der Waals surface area contributed by atoms with E-state index in [1.54, 1.807) is 4.90 Å². The Balaban J connectivity index is 1.90. The molecule has 2 rings (SSSR count). The summed E-state index contributed by atoms with van der Waals surface area (Å²) < 4.78 is 0. The molecule has 24 heavy (non-hydrogen) atoms. The van der Waals surface area contributed by atoms with Crippen LogP contribution in [0.25, 0.3) is 0 Å². The number of ketones is 1. The fourth-order valence-electron chi connectivity index (χ4n) is 4.19. The van der Waals surface area contributed by atoms with Gasteiger partial charge in [-0.25, -0.2) is 0 Å². The van der Waals surface area contributed by atoms with Crippen LogP contribution in [-0.4, -0.2) is 41.6 Å². The average molecular weight is 336 g/mol. The number of nitrogens with one attached hydrogen (secondary N) is 1. The molecule has 0 spiro atoms. The van der Waals surface area contributed by atoms with E-state index < -0.39 is 17.7 Å². The largest absolute Gasteiger partial charge is 0.349 e. The van der Waals surface area contributed by atoms with Gasteiger partial charge in [-0.3, -0.25) is 14.4 Å². The zero-order valence-corrected chi connectivity index (χ0v) is 15.0. The number of hydrogen-bond acceptors (Lipinski definition) is 3. The van der Waals surface area contributed by atoms with E-state index in [9.17, 15) is 14.4 Å². The first-order chi connectivity index (χ1) is 11.7. The Bertz CT molecular complexity index is 426. The quantitative estimate of drug-likeness (QED) is 0.547. The Labute approximate surface area is 145 Å². The molecule has 2 saturated carbocycles. The van der Waals surface area contributed by atoms with Crippen LogP contribution in [0.3, 0.4) is 0 Å². The molecule has 0 heterocycles. The van der Waals surface area contributed by atoms with E-state index in [4.69, 9.17) is 0 Å². The Kier molecular flexibility index (Phi) is 7.73. The summed E-state index contributed by atoms with van der Waals surface area (Å²) in [5.41, 5.74) is 0. The van der Waals surface area contributed by atoms with E-state index in [1.807, 2.05) is 6.92 Å². The van der Waals surface area contributed by atoms with Crippen LogP contribution in [0, 0.1) is 5.92 Å². The average Bonchev–Trinajstić information content (AvgIpc) is 2.65. The predicted octanol–water partition coefficient (Wildman–Crippen LogP) is 2.82. The van der Waals surface area contributed by atoms with Crippen molar-refractivity contribution in [3.05, 3.63) is 0 Å². The molecule has 0 aromatic carbocycles. The standard InChI is InChI=1S/C19H32N2O3/c1-2-17(21(14-22)16-11-7-4-8-12-16)18(23)19(24)20-13-15-9-5-3-6-10-15/h14-17H,2-13H2,1H3,(H,20,24). The molecule has 0 aliphatic heterocycles. The minimum Gasteiger partial charge on any atom is -0.349 e. The summed E-state index contributed by atoms with van der Waals surface area (Å²) in [4.78, 5) is 38.1. The highest BCUT2D eigenvalue weighted by atomic mass is 16.2. The van der Waals surface area contributed by atoms with Gasteiger partial charge in [-0.05, 0) is 38.0 Å². The highest BCUT2D eigenvalue weighted by molar-refractivity contribution is 6.38. The number of hydrogen-bond donors (Lipinski definition) is 1. The highest BCUT2D eigenvalue weighted by Gasteiger charge is 2.33. The Morgan fingerprint density at radius 1 is 1.04 bits per heavy atom. The van der Waals surface area contributed by atoms with E-state index in [0.29, 0.717) is 18.9 Å². The summed E-state index contributed by atoms with van der Waals surface area (Å²) >= 11 is 0. The molecule has 1 atom stereocenters. The van der Waals surface area contributed by atoms with Crippen LogP contribution in [0.5, 0.6) is 0 Å². The van der Waals surface area contributed by atoms with Crippen molar-refractivity contribution in [1.29, 1.82) is 0 Å². The van der Waals surface area contributed by atoms with Gasteiger partial charge in [0.05, 0.1) is 6.04 Å². The van der Waals surface area contributed by atoms with Gasteiger partial charge in [-0.1, -0.05) is 45.4 Å². The van der Waals surface area contributed by atoms with Crippen LogP contribution in [0.2, 0.25) is 0 Å². The lowest BCUT2D eigenvalue weighted by atomic mass is 9.89. The predicted molar refractivity (Wildman–Crippen MR) is 93.4 cm³/mol. The number of rotatable bonds is 8. The maximum absolute atomic E-state index is 12.6. The minimum atomic E-state index is -0.614. The maximum atomic E-state index is 12.6. The molecule has 0 aromatic rings. The Morgan fingerprint density at radius 2 is 1.62 bits per heavy atom. The van der Waals surface area contributed by atoms with Crippen molar-refractivity contribution < 1.29 is 14.4 Å². The first-order valence-electron chi connectivity index (χ1n) is 9.72. The van der Waals surface area contributed by atoms with Gasteiger partial charge < -0.3 is 10.2 Å². The van der Waals surface area contributed by atoms with Crippen molar-refractivity contribution >= 4 is 18.1 Å². The Morgan fingerprint density at radius 3 is 2.17 bits per heavy atom. The van der Waals surface area contributed by atoms with E-state index in [1.165, 1.54) is 25.7 Å². The first kappa shape index (κ1) is 18.9. The van der Waals surface area contributed by atoms with Crippen LogP contribution >= 0.6 is 0 Å². The fraction of sp³-hybridized carbons (Fsp3) is 0.842. The molecule has 1 N–H and O–H groups in total. The van der Waals surface area contributed by atoms with Gasteiger partial charge in [0, 0.05) is 12.6 Å². The van der Waals surface area contributed by atoms with Crippen molar-refractivity contribution in [2.24, 2.45) is 5.92 Å². The number of amides is 2. The molecule has 0 aromatic heterocycles. The van der Waals surface area contributed by atoms with Gasteiger partial charge in [-0.2, -0.15) is 0 Å². The zero-order chi connectivity index (χ0) is 17.4.